The molecule has 0 bridgehead atoms. The molecule has 1 aliphatic rings. The lowest BCUT2D eigenvalue weighted by Gasteiger charge is -2.37. The van der Waals surface area contributed by atoms with E-state index in [1.54, 1.807) is 11.0 Å². The Morgan fingerprint density at radius 1 is 1.57 bits per heavy atom. The van der Waals surface area contributed by atoms with Crippen LogP contribution in [0, 0.1) is 16.0 Å². The number of benzene rings is 1. The second-order valence-corrected chi connectivity index (χ2v) is 5.77. The summed E-state index contributed by atoms with van der Waals surface area (Å²) >= 11 is 6.08. The van der Waals surface area contributed by atoms with E-state index in [1.807, 2.05) is 6.92 Å². The minimum atomic E-state index is -0.892. The van der Waals surface area contributed by atoms with Crippen molar-refractivity contribution in [3.8, 4) is 0 Å². The van der Waals surface area contributed by atoms with E-state index in [0.29, 0.717) is 17.1 Å². The van der Waals surface area contributed by atoms with E-state index in [-0.39, 0.29) is 18.2 Å². The van der Waals surface area contributed by atoms with E-state index in [4.69, 9.17) is 11.6 Å². The predicted octanol–water partition coefficient (Wildman–Crippen LogP) is 2.93. The van der Waals surface area contributed by atoms with E-state index in [2.05, 4.69) is 0 Å². The molecule has 1 N–H and O–H groups in total. The fourth-order valence-corrected chi connectivity index (χ4v) is 3.16. The second-order valence-electron chi connectivity index (χ2n) is 5.37. The van der Waals surface area contributed by atoms with Gasteiger partial charge < -0.3 is 5.11 Å². The maximum absolute atomic E-state index is 11.5. The van der Waals surface area contributed by atoms with Gasteiger partial charge in [-0.15, -0.1) is 0 Å². The van der Waals surface area contributed by atoms with Gasteiger partial charge in [0, 0.05) is 12.6 Å². The van der Waals surface area contributed by atoms with Crippen molar-refractivity contribution in [2.45, 2.75) is 32.4 Å². The Balaban J connectivity index is 2.32. The molecule has 7 heteroatoms. The van der Waals surface area contributed by atoms with Crippen LogP contribution in [0.4, 0.5) is 5.69 Å². The molecule has 0 radical (unpaired) electrons. The summed E-state index contributed by atoms with van der Waals surface area (Å²) in [5.41, 5.74) is 0.314. The number of halogens is 1. The topological polar surface area (TPSA) is 83.7 Å². The van der Waals surface area contributed by atoms with Gasteiger partial charge in [-0.3, -0.25) is 19.8 Å². The van der Waals surface area contributed by atoms with Crippen molar-refractivity contribution < 1.29 is 14.8 Å². The molecule has 114 valence electrons. The Hall–Kier alpha value is -1.66. The quantitative estimate of drug-likeness (QED) is 0.682. The normalized spacial score (nSPS) is 23.0. The Labute approximate surface area is 127 Å². The molecule has 2 atom stereocenters. The lowest BCUT2D eigenvalue weighted by molar-refractivity contribution is -0.385. The number of hydrogen-bond donors (Lipinski definition) is 1. The van der Waals surface area contributed by atoms with E-state index < -0.39 is 16.9 Å². The van der Waals surface area contributed by atoms with Crippen molar-refractivity contribution in [2.24, 2.45) is 5.92 Å². The largest absolute Gasteiger partial charge is 0.480 e. The number of hydrogen-bond acceptors (Lipinski definition) is 4. The first-order valence-electron chi connectivity index (χ1n) is 6.80. The molecule has 0 amide bonds. The molecule has 2 unspecified atom stereocenters. The Morgan fingerprint density at radius 2 is 2.29 bits per heavy atom. The van der Waals surface area contributed by atoms with Gasteiger partial charge in [0.2, 0.25) is 0 Å². The van der Waals surface area contributed by atoms with Gasteiger partial charge in [0.1, 0.15) is 6.04 Å². The molecular formula is C14H17ClN2O4. The summed E-state index contributed by atoms with van der Waals surface area (Å²) in [6, 6.07) is 3.88. The molecule has 1 aliphatic heterocycles. The van der Waals surface area contributed by atoms with Crippen molar-refractivity contribution >= 4 is 23.3 Å². The van der Waals surface area contributed by atoms with Crippen LogP contribution in [0.25, 0.3) is 0 Å². The molecule has 21 heavy (non-hydrogen) atoms. The molecule has 1 fully saturated rings. The summed E-state index contributed by atoms with van der Waals surface area (Å²) in [5, 5.41) is 20.8. The van der Waals surface area contributed by atoms with Gasteiger partial charge in [-0.1, -0.05) is 24.6 Å². The average molecular weight is 313 g/mol. The van der Waals surface area contributed by atoms with Crippen LogP contribution >= 0.6 is 11.6 Å². The zero-order valence-corrected chi connectivity index (χ0v) is 12.4. The maximum Gasteiger partial charge on any atom is 0.321 e. The monoisotopic (exact) mass is 312 g/mol. The smallest absolute Gasteiger partial charge is 0.321 e. The summed E-state index contributed by atoms with van der Waals surface area (Å²) in [6.45, 7) is 2.67. The lowest BCUT2D eigenvalue weighted by atomic mass is 9.90. The van der Waals surface area contributed by atoms with Crippen LogP contribution in [0.3, 0.4) is 0 Å². The summed E-state index contributed by atoms with van der Waals surface area (Å²) < 4.78 is 0. The number of nitro benzene ring substituents is 1. The predicted molar refractivity (Wildman–Crippen MR) is 78.3 cm³/mol. The summed E-state index contributed by atoms with van der Waals surface area (Å²) in [6.07, 6.45) is 1.72. The van der Waals surface area contributed by atoms with E-state index in [1.165, 1.54) is 12.1 Å². The first kappa shape index (κ1) is 15.7. The van der Waals surface area contributed by atoms with Crippen LogP contribution in [-0.2, 0) is 11.3 Å². The molecule has 1 heterocycles. The Morgan fingerprint density at radius 3 is 2.90 bits per heavy atom. The zero-order valence-electron chi connectivity index (χ0n) is 11.7. The number of carboxylic acid groups (broad SMARTS) is 1. The van der Waals surface area contributed by atoms with Crippen molar-refractivity contribution in [3.05, 3.63) is 38.9 Å². The molecule has 0 saturated carbocycles. The number of rotatable bonds is 4. The van der Waals surface area contributed by atoms with Gasteiger partial charge in [-0.25, -0.2) is 0 Å². The minimum absolute atomic E-state index is 0.0118. The minimum Gasteiger partial charge on any atom is -0.480 e. The molecular weight excluding hydrogens is 296 g/mol. The number of nitrogens with zero attached hydrogens (tertiary/aromatic N) is 2. The molecule has 0 spiro atoms. The fraction of sp³-hybridized carbons (Fsp3) is 0.500. The Bertz CT molecular complexity index is 564. The molecule has 0 aromatic heterocycles. The van der Waals surface area contributed by atoms with Gasteiger partial charge in [0.05, 0.1) is 15.5 Å². The number of aliphatic carboxylic acids is 1. The SMILES string of the molecule is CC1CCCN(Cc2c(Cl)cccc2[N+](=O)[O-])C1C(=O)O. The highest BCUT2D eigenvalue weighted by atomic mass is 35.5. The molecule has 6 nitrogen and oxygen atoms in total. The van der Waals surface area contributed by atoms with Crippen LogP contribution in [0.15, 0.2) is 18.2 Å². The van der Waals surface area contributed by atoms with Crippen molar-refractivity contribution in [1.82, 2.24) is 4.90 Å². The van der Waals surface area contributed by atoms with Crippen LogP contribution in [0.2, 0.25) is 5.02 Å². The number of likely N-dealkylation sites (tertiary alicyclic amines) is 1. The van der Waals surface area contributed by atoms with Gasteiger partial charge in [0.15, 0.2) is 0 Å². The zero-order chi connectivity index (χ0) is 15.6. The third kappa shape index (κ3) is 3.33. The highest BCUT2D eigenvalue weighted by molar-refractivity contribution is 6.31. The van der Waals surface area contributed by atoms with Gasteiger partial charge in [-0.05, 0) is 31.4 Å². The average Bonchev–Trinajstić information content (AvgIpc) is 2.40. The third-order valence-corrected chi connectivity index (χ3v) is 4.30. The standard InChI is InChI=1S/C14H17ClN2O4/c1-9-4-3-7-16(13(9)14(18)19)8-10-11(15)5-2-6-12(10)17(20)21/h2,5-6,9,13H,3-4,7-8H2,1H3,(H,18,19). The summed E-state index contributed by atoms with van der Waals surface area (Å²) in [5.74, 6) is -0.880. The second kappa shape index (κ2) is 6.41. The summed E-state index contributed by atoms with van der Waals surface area (Å²) in [4.78, 5) is 23.9. The van der Waals surface area contributed by atoms with Crippen molar-refractivity contribution in [3.63, 3.8) is 0 Å². The molecule has 0 aliphatic carbocycles. The van der Waals surface area contributed by atoms with Gasteiger partial charge in [-0.2, -0.15) is 0 Å². The number of carbonyl (C=O) groups is 1. The molecule has 2 rings (SSSR count). The van der Waals surface area contributed by atoms with E-state index >= 15 is 0 Å². The lowest BCUT2D eigenvalue weighted by Crippen LogP contribution is -2.48. The molecule has 1 aromatic rings. The van der Waals surface area contributed by atoms with Gasteiger partial charge in [0.25, 0.3) is 5.69 Å². The molecule has 1 aromatic carbocycles. The van der Waals surface area contributed by atoms with Crippen LogP contribution in [0.5, 0.6) is 0 Å². The highest BCUT2D eigenvalue weighted by Gasteiger charge is 2.35. The highest BCUT2D eigenvalue weighted by Crippen LogP contribution is 2.31. The van der Waals surface area contributed by atoms with Crippen molar-refractivity contribution in [2.75, 3.05) is 6.54 Å². The van der Waals surface area contributed by atoms with Crippen LogP contribution in [0.1, 0.15) is 25.3 Å². The summed E-state index contributed by atoms with van der Waals surface area (Å²) in [7, 11) is 0. The number of piperidine rings is 1. The van der Waals surface area contributed by atoms with Gasteiger partial charge >= 0.3 is 5.97 Å². The molecule has 1 saturated heterocycles. The number of carboxylic acids is 1. The first-order chi connectivity index (χ1) is 9.91. The van der Waals surface area contributed by atoms with Crippen molar-refractivity contribution in [1.29, 1.82) is 0 Å². The fourth-order valence-electron chi connectivity index (χ4n) is 2.93. The maximum atomic E-state index is 11.5. The van der Waals surface area contributed by atoms with E-state index in [0.717, 1.165) is 12.8 Å². The third-order valence-electron chi connectivity index (χ3n) is 3.94. The first-order valence-corrected chi connectivity index (χ1v) is 7.18. The number of nitro groups is 1. The van der Waals surface area contributed by atoms with E-state index in [9.17, 15) is 20.0 Å². The van der Waals surface area contributed by atoms with Crippen LogP contribution in [-0.4, -0.2) is 33.5 Å². The van der Waals surface area contributed by atoms with Crippen LogP contribution < -0.4 is 0 Å². The Kier molecular flexibility index (Phi) is 4.80.